The van der Waals surface area contributed by atoms with Gasteiger partial charge in [0.2, 0.25) is 5.91 Å². The third-order valence-corrected chi connectivity index (χ3v) is 5.49. The topological polar surface area (TPSA) is 90.0 Å². The van der Waals surface area contributed by atoms with Gasteiger partial charge >= 0.3 is 11.8 Å². The van der Waals surface area contributed by atoms with E-state index in [1.807, 2.05) is 18.2 Å². The Morgan fingerprint density at radius 1 is 1.15 bits per heavy atom. The molecule has 0 atom stereocenters. The number of anilines is 1. The van der Waals surface area contributed by atoms with Crippen molar-refractivity contribution in [3.63, 3.8) is 0 Å². The van der Waals surface area contributed by atoms with Crippen LogP contribution in [-0.4, -0.2) is 77.8 Å². The van der Waals surface area contributed by atoms with Gasteiger partial charge in [0, 0.05) is 50.0 Å². The zero-order valence-corrected chi connectivity index (χ0v) is 16.1. The summed E-state index contributed by atoms with van der Waals surface area (Å²) >= 11 is 6.94. The molecule has 10 heteroatoms. The van der Waals surface area contributed by atoms with Crippen LogP contribution in [0.25, 0.3) is 0 Å². The molecule has 27 heavy (non-hydrogen) atoms. The first-order chi connectivity index (χ1) is 13.0. The van der Waals surface area contributed by atoms with Crippen LogP contribution in [0.2, 0.25) is 5.02 Å². The minimum Gasteiger partial charge on any atom is -0.368 e. The van der Waals surface area contributed by atoms with E-state index >= 15 is 0 Å². The molecule has 1 aromatic rings. The van der Waals surface area contributed by atoms with Gasteiger partial charge in [-0.25, -0.2) is 0 Å². The lowest BCUT2D eigenvalue weighted by molar-refractivity contribution is -0.146. The first-order valence-corrected chi connectivity index (χ1v) is 9.87. The molecular formula is C17H19ClN4O4S. The van der Waals surface area contributed by atoms with Gasteiger partial charge in [-0.1, -0.05) is 29.4 Å². The molecule has 144 valence electrons. The number of thioether (sulfide) groups is 1. The molecule has 4 amide bonds. The molecule has 0 saturated carbocycles. The van der Waals surface area contributed by atoms with Gasteiger partial charge in [0.05, 0.1) is 5.75 Å². The molecule has 2 heterocycles. The number of halogens is 1. The van der Waals surface area contributed by atoms with Crippen LogP contribution in [0.3, 0.4) is 0 Å². The number of carbonyl (C=O) groups is 4. The van der Waals surface area contributed by atoms with Crippen molar-refractivity contribution in [1.82, 2.24) is 15.1 Å². The number of nitrogens with zero attached hydrogens (tertiary/aromatic N) is 3. The van der Waals surface area contributed by atoms with Crippen molar-refractivity contribution in [2.45, 2.75) is 0 Å². The Bertz CT molecular complexity index is 751. The molecule has 2 saturated heterocycles. The second-order valence-electron chi connectivity index (χ2n) is 6.11. The number of carbonyl (C=O) groups excluding carboxylic acids is 4. The fraction of sp³-hybridized carbons (Fsp3) is 0.412. The van der Waals surface area contributed by atoms with Crippen LogP contribution in [0.4, 0.5) is 10.5 Å². The van der Waals surface area contributed by atoms with Crippen LogP contribution in [-0.2, 0) is 14.4 Å². The van der Waals surface area contributed by atoms with E-state index in [1.54, 1.807) is 6.07 Å². The van der Waals surface area contributed by atoms with E-state index in [-0.39, 0.29) is 30.0 Å². The van der Waals surface area contributed by atoms with Crippen molar-refractivity contribution >= 4 is 52.0 Å². The number of nitrogens with one attached hydrogen (secondary N) is 1. The number of rotatable bonds is 4. The quantitative estimate of drug-likeness (QED) is 0.738. The monoisotopic (exact) mass is 410 g/mol. The zero-order valence-electron chi connectivity index (χ0n) is 14.5. The molecule has 0 bridgehead atoms. The smallest absolute Gasteiger partial charge is 0.312 e. The molecular weight excluding hydrogens is 392 g/mol. The summed E-state index contributed by atoms with van der Waals surface area (Å²) in [6, 6.07) is 7.49. The number of hydrogen-bond acceptors (Lipinski definition) is 6. The number of amides is 4. The van der Waals surface area contributed by atoms with Crippen LogP contribution in [0.1, 0.15) is 0 Å². The predicted octanol–water partition coefficient (Wildman–Crippen LogP) is 0.800. The minimum absolute atomic E-state index is 0.0606. The lowest BCUT2D eigenvalue weighted by atomic mass is 10.2. The SMILES string of the molecule is O=C(NCCN1C(=O)CSC1=O)C(=O)N1CCN(c2cccc(Cl)c2)CC1. The summed E-state index contributed by atoms with van der Waals surface area (Å²) in [7, 11) is 0. The molecule has 2 aliphatic heterocycles. The average molecular weight is 411 g/mol. The van der Waals surface area contributed by atoms with Gasteiger partial charge in [0.1, 0.15) is 0 Å². The van der Waals surface area contributed by atoms with Crippen molar-refractivity contribution in [2.75, 3.05) is 49.9 Å². The summed E-state index contributed by atoms with van der Waals surface area (Å²) in [4.78, 5) is 52.0. The Morgan fingerprint density at radius 2 is 1.89 bits per heavy atom. The fourth-order valence-corrected chi connectivity index (χ4v) is 3.87. The summed E-state index contributed by atoms with van der Waals surface area (Å²) in [5.41, 5.74) is 0.983. The summed E-state index contributed by atoms with van der Waals surface area (Å²) in [6.45, 7) is 2.20. The van der Waals surface area contributed by atoms with Crippen molar-refractivity contribution < 1.29 is 19.2 Å². The second-order valence-corrected chi connectivity index (χ2v) is 7.48. The third kappa shape index (κ3) is 4.72. The lowest BCUT2D eigenvalue weighted by Crippen LogP contribution is -2.53. The molecule has 0 aromatic heterocycles. The summed E-state index contributed by atoms with van der Waals surface area (Å²) in [5, 5.41) is 2.81. The average Bonchev–Trinajstić information content (AvgIpc) is 2.99. The summed E-state index contributed by atoms with van der Waals surface area (Å²) in [5.74, 6) is -1.47. The first kappa shape index (κ1) is 19.5. The molecule has 2 fully saturated rings. The molecule has 0 aliphatic carbocycles. The van der Waals surface area contributed by atoms with Crippen LogP contribution in [0, 0.1) is 0 Å². The van der Waals surface area contributed by atoms with E-state index in [0.29, 0.717) is 31.2 Å². The molecule has 1 N–H and O–H groups in total. The predicted molar refractivity (Wildman–Crippen MR) is 103 cm³/mol. The fourth-order valence-electron chi connectivity index (χ4n) is 2.94. The van der Waals surface area contributed by atoms with Crippen molar-refractivity contribution in [3.8, 4) is 0 Å². The Balaban J connectivity index is 1.44. The highest BCUT2D eigenvalue weighted by Crippen LogP contribution is 2.21. The van der Waals surface area contributed by atoms with Crippen LogP contribution in [0.5, 0.6) is 0 Å². The largest absolute Gasteiger partial charge is 0.368 e. The number of imide groups is 1. The van der Waals surface area contributed by atoms with E-state index in [1.165, 1.54) is 4.90 Å². The molecule has 0 radical (unpaired) electrons. The van der Waals surface area contributed by atoms with E-state index in [9.17, 15) is 19.2 Å². The molecule has 1 aromatic carbocycles. The summed E-state index contributed by atoms with van der Waals surface area (Å²) < 4.78 is 0. The van der Waals surface area contributed by atoms with Crippen LogP contribution in [0.15, 0.2) is 24.3 Å². The van der Waals surface area contributed by atoms with Crippen LogP contribution < -0.4 is 10.2 Å². The Kier molecular flexibility index (Phi) is 6.22. The Labute approximate surface area is 165 Å². The highest BCUT2D eigenvalue weighted by atomic mass is 35.5. The number of hydrogen-bond donors (Lipinski definition) is 1. The van der Waals surface area contributed by atoms with Gasteiger partial charge < -0.3 is 15.1 Å². The van der Waals surface area contributed by atoms with Gasteiger partial charge in [-0.2, -0.15) is 0 Å². The van der Waals surface area contributed by atoms with Gasteiger partial charge in [0.25, 0.3) is 5.24 Å². The standard InChI is InChI=1S/C17H19ClN4O4S/c18-12-2-1-3-13(10-12)20-6-8-21(9-7-20)16(25)15(24)19-4-5-22-14(23)11-27-17(22)26/h1-3,10H,4-9,11H2,(H,19,24). The first-order valence-electron chi connectivity index (χ1n) is 8.50. The van der Waals surface area contributed by atoms with Crippen molar-refractivity contribution in [2.24, 2.45) is 0 Å². The van der Waals surface area contributed by atoms with E-state index in [4.69, 9.17) is 11.6 Å². The van der Waals surface area contributed by atoms with E-state index in [2.05, 4.69) is 10.2 Å². The maximum absolute atomic E-state index is 12.3. The Morgan fingerprint density at radius 3 is 2.52 bits per heavy atom. The maximum Gasteiger partial charge on any atom is 0.312 e. The van der Waals surface area contributed by atoms with Gasteiger partial charge in [-0.15, -0.1) is 0 Å². The van der Waals surface area contributed by atoms with Gasteiger partial charge in [-0.05, 0) is 18.2 Å². The van der Waals surface area contributed by atoms with E-state index < -0.39 is 11.8 Å². The Hall–Kier alpha value is -2.26. The van der Waals surface area contributed by atoms with Gasteiger partial charge in [0.15, 0.2) is 0 Å². The van der Waals surface area contributed by atoms with Gasteiger partial charge in [-0.3, -0.25) is 24.1 Å². The normalized spacial score (nSPS) is 17.4. The van der Waals surface area contributed by atoms with E-state index in [0.717, 1.165) is 22.3 Å². The zero-order chi connectivity index (χ0) is 19.4. The molecule has 3 rings (SSSR count). The van der Waals surface area contributed by atoms with Crippen molar-refractivity contribution in [3.05, 3.63) is 29.3 Å². The number of piperazine rings is 1. The number of benzene rings is 1. The third-order valence-electron chi connectivity index (χ3n) is 4.40. The molecule has 8 nitrogen and oxygen atoms in total. The molecule has 0 spiro atoms. The highest BCUT2D eigenvalue weighted by molar-refractivity contribution is 8.14. The lowest BCUT2D eigenvalue weighted by Gasteiger charge is -2.35. The molecule has 2 aliphatic rings. The second kappa shape index (κ2) is 8.62. The molecule has 0 unspecified atom stereocenters. The van der Waals surface area contributed by atoms with Crippen LogP contribution >= 0.6 is 23.4 Å². The minimum atomic E-state index is -0.724. The maximum atomic E-state index is 12.3. The highest BCUT2D eigenvalue weighted by Gasteiger charge is 2.30. The van der Waals surface area contributed by atoms with Crippen molar-refractivity contribution in [1.29, 1.82) is 0 Å². The summed E-state index contributed by atoms with van der Waals surface area (Å²) in [6.07, 6.45) is 0.